The lowest BCUT2D eigenvalue weighted by Gasteiger charge is -2.25. The predicted molar refractivity (Wildman–Crippen MR) is 117 cm³/mol. The van der Waals surface area contributed by atoms with Gasteiger partial charge in [0.2, 0.25) is 0 Å². The van der Waals surface area contributed by atoms with Crippen LogP contribution in [0.5, 0.6) is 0 Å². The van der Waals surface area contributed by atoms with Crippen LogP contribution in [0.3, 0.4) is 0 Å². The maximum Gasteiger partial charge on any atom is 0.262 e. The van der Waals surface area contributed by atoms with Crippen LogP contribution in [0.25, 0.3) is 0 Å². The van der Waals surface area contributed by atoms with Crippen LogP contribution in [0.1, 0.15) is 33.9 Å². The number of carbonyl (C=O) groups excluding carboxylic acids is 2. The molecule has 1 atom stereocenters. The van der Waals surface area contributed by atoms with Gasteiger partial charge in [-0.3, -0.25) is 9.59 Å². The quantitative estimate of drug-likeness (QED) is 0.571. The Morgan fingerprint density at radius 2 is 1.70 bits per heavy atom. The summed E-state index contributed by atoms with van der Waals surface area (Å²) in [7, 11) is 1.42. The minimum Gasteiger partial charge on any atom is -0.332 e. The Balaban J connectivity index is 1.60. The fourth-order valence-corrected chi connectivity index (χ4v) is 3.73. The first-order chi connectivity index (χ1) is 15.8. The second kappa shape index (κ2) is 9.28. The molecule has 0 aromatic heterocycles. The zero-order chi connectivity index (χ0) is 23.5. The topological polar surface area (TPSA) is 53.0 Å². The van der Waals surface area contributed by atoms with Crippen LogP contribution in [0.4, 0.5) is 13.2 Å². The van der Waals surface area contributed by atoms with Gasteiger partial charge in [0.15, 0.2) is 0 Å². The van der Waals surface area contributed by atoms with Crippen molar-refractivity contribution >= 4 is 17.5 Å². The van der Waals surface area contributed by atoms with Gasteiger partial charge in [-0.1, -0.05) is 36.4 Å². The number of likely N-dealkylation sites (N-methyl/N-ethyl adjacent to an activating group) is 1. The zero-order valence-corrected chi connectivity index (χ0v) is 17.7. The minimum absolute atomic E-state index is 0.105. The third kappa shape index (κ3) is 4.79. The molecule has 2 amide bonds. The largest absolute Gasteiger partial charge is 0.332 e. The van der Waals surface area contributed by atoms with Gasteiger partial charge in [0.25, 0.3) is 11.8 Å². The number of hydrogen-bond acceptors (Lipinski definition) is 3. The summed E-state index contributed by atoms with van der Waals surface area (Å²) < 4.78 is 41.4. The van der Waals surface area contributed by atoms with Crippen LogP contribution in [0.2, 0.25) is 0 Å². The summed E-state index contributed by atoms with van der Waals surface area (Å²) in [5.74, 6) is -2.53. The Morgan fingerprint density at radius 1 is 0.970 bits per heavy atom. The van der Waals surface area contributed by atoms with Crippen LogP contribution in [0.15, 0.2) is 77.9 Å². The van der Waals surface area contributed by atoms with Gasteiger partial charge in [-0.2, -0.15) is 5.10 Å². The Bertz CT molecular complexity index is 1230. The highest BCUT2D eigenvalue weighted by Gasteiger charge is 2.35. The van der Waals surface area contributed by atoms with Gasteiger partial charge in [0.1, 0.15) is 24.0 Å². The van der Waals surface area contributed by atoms with E-state index in [1.54, 1.807) is 30.3 Å². The molecule has 0 aliphatic carbocycles. The Hall–Kier alpha value is -3.94. The second-order valence-electron chi connectivity index (χ2n) is 7.70. The molecule has 0 spiro atoms. The maximum atomic E-state index is 14.6. The highest BCUT2D eigenvalue weighted by atomic mass is 19.1. The SMILES string of the molecule is CN(CC(=O)N1N=C(c2ccc(F)cc2)C[C@@H]1c1ccccc1F)C(=O)c1cccc(F)c1. The molecule has 5 nitrogen and oxygen atoms in total. The predicted octanol–water partition coefficient (Wildman–Crippen LogP) is 4.55. The fourth-order valence-electron chi connectivity index (χ4n) is 3.73. The fraction of sp³-hybridized carbons (Fsp3) is 0.160. The molecule has 0 saturated heterocycles. The number of benzene rings is 3. The van der Waals surface area contributed by atoms with Gasteiger partial charge in [-0.15, -0.1) is 0 Å². The summed E-state index contributed by atoms with van der Waals surface area (Å²) in [6, 6.07) is 16.2. The van der Waals surface area contributed by atoms with E-state index in [1.165, 1.54) is 43.4 Å². The summed E-state index contributed by atoms with van der Waals surface area (Å²) in [6.07, 6.45) is 0.222. The second-order valence-corrected chi connectivity index (χ2v) is 7.70. The van der Waals surface area contributed by atoms with E-state index in [-0.39, 0.29) is 24.1 Å². The number of carbonyl (C=O) groups is 2. The molecule has 8 heteroatoms. The van der Waals surface area contributed by atoms with Crippen molar-refractivity contribution in [3.05, 3.63) is 107 Å². The van der Waals surface area contributed by atoms with E-state index in [2.05, 4.69) is 5.10 Å². The van der Waals surface area contributed by atoms with E-state index >= 15 is 0 Å². The van der Waals surface area contributed by atoms with E-state index in [0.717, 1.165) is 16.0 Å². The van der Waals surface area contributed by atoms with Crippen molar-refractivity contribution in [3.63, 3.8) is 0 Å². The standard InChI is InChI=1S/C25H20F3N3O2/c1-30(25(33)17-5-4-6-19(27)13-17)15-24(32)31-23(20-7-2-3-8-21(20)28)14-22(29-31)16-9-11-18(26)12-10-16/h2-13,23H,14-15H2,1H3/t23-/m1/s1. The van der Waals surface area contributed by atoms with Crippen LogP contribution in [-0.4, -0.2) is 41.0 Å². The number of hydrazone groups is 1. The molecule has 1 aliphatic heterocycles. The van der Waals surface area contributed by atoms with Crippen LogP contribution < -0.4 is 0 Å². The molecule has 0 fully saturated rings. The summed E-state index contributed by atoms with van der Waals surface area (Å²) in [5, 5.41) is 5.56. The van der Waals surface area contributed by atoms with E-state index in [0.29, 0.717) is 11.3 Å². The molecular formula is C25H20F3N3O2. The summed E-state index contributed by atoms with van der Waals surface area (Å²) in [6.45, 7) is -0.347. The number of hydrogen-bond donors (Lipinski definition) is 0. The molecule has 33 heavy (non-hydrogen) atoms. The Labute approximate surface area is 188 Å². The van der Waals surface area contributed by atoms with Crippen molar-refractivity contribution in [2.75, 3.05) is 13.6 Å². The smallest absolute Gasteiger partial charge is 0.262 e. The molecule has 0 saturated carbocycles. The van der Waals surface area contributed by atoms with Crippen molar-refractivity contribution < 1.29 is 22.8 Å². The Morgan fingerprint density at radius 3 is 2.39 bits per heavy atom. The van der Waals surface area contributed by atoms with Crippen molar-refractivity contribution in [2.24, 2.45) is 5.10 Å². The van der Waals surface area contributed by atoms with E-state index < -0.39 is 35.3 Å². The summed E-state index contributed by atoms with van der Waals surface area (Å²) in [5.41, 5.74) is 1.49. The first-order valence-corrected chi connectivity index (χ1v) is 10.2. The molecular weight excluding hydrogens is 431 g/mol. The molecule has 0 radical (unpaired) electrons. The monoisotopic (exact) mass is 451 g/mol. The number of rotatable bonds is 5. The third-order valence-corrected chi connectivity index (χ3v) is 5.40. The van der Waals surface area contributed by atoms with Crippen LogP contribution in [-0.2, 0) is 4.79 Å². The van der Waals surface area contributed by atoms with Crippen LogP contribution in [0, 0.1) is 17.5 Å². The lowest BCUT2D eigenvalue weighted by molar-refractivity contribution is -0.133. The lowest BCUT2D eigenvalue weighted by atomic mass is 9.98. The van der Waals surface area contributed by atoms with E-state index in [4.69, 9.17) is 0 Å². The van der Waals surface area contributed by atoms with E-state index in [1.807, 2.05) is 0 Å². The molecule has 168 valence electrons. The van der Waals surface area contributed by atoms with Gasteiger partial charge >= 0.3 is 0 Å². The van der Waals surface area contributed by atoms with Gasteiger partial charge in [-0.05, 0) is 42.0 Å². The Kier molecular flexibility index (Phi) is 6.26. The molecule has 4 rings (SSSR count). The first-order valence-electron chi connectivity index (χ1n) is 10.2. The van der Waals surface area contributed by atoms with Crippen molar-refractivity contribution in [2.45, 2.75) is 12.5 Å². The molecule has 3 aromatic rings. The molecule has 0 N–H and O–H groups in total. The molecule has 1 aliphatic rings. The minimum atomic E-state index is -0.726. The molecule has 3 aromatic carbocycles. The summed E-state index contributed by atoms with van der Waals surface area (Å²) in [4.78, 5) is 26.9. The number of halogens is 3. The van der Waals surface area contributed by atoms with Crippen LogP contribution >= 0.6 is 0 Å². The van der Waals surface area contributed by atoms with Crippen molar-refractivity contribution in [1.29, 1.82) is 0 Å². The summed E-state index contributed by atoms with van der Waals surface area (Å²) >= 11 is 0. The van der Waals surface area contributed by atoms with Gasteiger partial charge in [-0.25, -0.2) is 18.2 Å². The molecule has 0 unspecified atom stereocenters. The van der Waals surface area contributed by atoms with Gasteiger partial charge < -0.3 is 4.90 Å². The zero-order valence-electron chi connectivity index (χ0n) is 17.7. The lowest BCUT2D eigenvalue weighted by Crippen LogP contribution is -2.39. The highest BCUT2D eigenvalue weighted by Crippen LogP contribution is 2.34. The molecule has 1 heterocycles. The van der Waals surface area contributed by atoms with Gasteiger partial charge in [0, 0.05) is 24.6 Å². The third-order valence-electron chi connectivity index (χ3n) is 5.40. The van der Waals surface area contributed by atoms with Crippen molar-refractivity contribution in [1.82, 2.24) is 9.91 Å². The number of amides is 2. The molecule has 0 bridgehead atoms. The normalized spacial score (nSPS) is 15.3. The van der Waals surface area contributed by atoms with Gasteiger partial charge in [0.05, 0.1) is 11.8 Å². The maximum absolute atomic E-state index is 14.6. The van der Waals surface area contributed by atoms with E-state index in [9.17, 15) is 22.8 Å². The highest BCUT2D eigenvalue weighted by molar-refractivity contribution is 6.03. The van der Waals surface area contributed by atoms with Crippen molar-refractivity contribution in [3.8, 4) is 0 Å². The number of nitrogens with zero attached hydrogens (tertiary/aromatic N) is 3. The average Bonchev–Trinajstić information content (AvgIpc) is 3.24. The average molecular weight is 451 g/mol. The first kappa shape index (κ1) is 22.3.